The van der Waals surface area contributed by atoms with E-state index in [-0.39, 0.29) is 12.5 Å². The molecule has 0 aliphatic rings. The monoisotopic (exact) mass is 256 g/mol. The summed E-state index contributed by atoms with van der Waals surface area (Å²) in [6.07, 6.45) is 0. The molecule has 5 heteroatoms. The van der Waals surface area contributed by atoms with Crippen LogP contribution in [0, 0.1) is 6.92 Å². The number of carbonyl (C=O) groups is 1. The van der Waals surface area contributed by atoms with E-state index in [2.05, 4.69) is 10.6 Å². The average Bonchev–Trinajstić information content (AvgIpc) is 2.28. The molecule has 0 saturated carbocycles. The zero-order valence-electron chi connectivity index (χ0n) is 10.0. The minimum absolute atomic E-state index is 0.0200. The number of likely N-dealkylation sites (N-methyl/N-ethyl adjacent to an activating group) is 1. The Morgan fingerprint density at radius 1 is 1.41 bits per heavy atom. The van der Waals surface area contributed by atoms with E-state index in [1.165, 1.54) is 0 Å². The first kappa shape index (κ1) is 13.8. The van der Waals surface area contributed by atoms with E-state index in [4.69, 9.17) is 16.3 Å². The highest BCUT2D eigenvalue weighted by Crippen LogP contribution is 2.21. The quantitative estimate of drug-likeness (QED) is 0.756. The fourth-order valence-corrected chi connectivity index (χ4v) is 1.52. The number of ether oxygens (including phenoxy) is 1. The Hall–Kier alpha value is -1.26. The van der Waals surface area contributed by atoms with Crippen molar-refractivity contribution in [3.05, 3.63) is 28.8 Å². The molecule has 17 heavy (non-hydrogen) atoms. The second-order valence-corrected chi connectivity index (χ2v) is 4.09. The molecule has 0 aliphatic carbocycles. The van der Waals surface area contributed by atoms with Crippen LogP contribution >= 0.6 is 11.6 Å². The number of aryl methyl sites for hydroxylation is 1. The molecule has 1 amide bonds. The molecular weight excluding hydrogens is 240 g/mol. The second kappa shape index (κ2) is 7.14. The topological polar surface area (TPSA) is 50.4 Å². The van der Waals surface area contributed by atoms with Gasteiger partial charge in [-0.15, -0.1) is 0 Å². The average molecular weight is 257 g/mol. The third kappa shape index (κ3) is 5.06. The van der Waals surface area contributed by atoms with Gasteiger partial charge in [0.15, 0.2) is 6.61 Å². The van der Waals surface area contributed by atoms with Crippen LogP contribution in [-0.2, 0) is 4.79 Å². The van der Waals surface area contributed by atoms with Crippen molar-refractivity contribution in [1.29, 1.82) is 0 Å². The summed E-state index contributed by atoms with van der Waals surface area (Å²) in [5, 5.41) is 6.33. The first-order valence-electron chi connectivity index (χ1n) is 5.43. The lowest BCUT2D eigenvalue weighted by Gasteiger charge is -2.09. The Morgan fingerprint density at radius 2 is 2.18 bits per heavy atom. The maximum Gasteiger partial charge on any atom is 0.257 e. The van der Waals surface area contributed by atoms with E-state index >= 15 is 0 Å². The molecule has 0 bridgehead atoms. The van der Waals surface area contributed by atoms with Crippen LogP contribution in [0.2, 0.25) is 5.02 Å². The standard InChI is InChI=1S/C12H17ClN2O2/c1-9-7-10(13)3-4-11(9)17-8-12(16)15-6-5-14-2/h3-4,7,14H,5-6,8H2,1-2H3,(H,15,16). The van der Waals surface area contributed by atoms with Gasteiger partial charge in [-0.3, -0.25) is 4.79 Å². The van der Waals surface area contributed by atoms with Crippen LogP contribution in [0.4, 0.5) is 0 Å². The number of nitrogens with one attached hydrogen (secondary N) is 2. The van der Waals surface area contributed by atoms with Crippen molar-refractivity contribution >= 4 is 17.5 Å². The normalized spacial score (nSPS) is 10.1. The molecule has 2 N–H and O–H groups in total. The molecule has 0 radical (unpaired) electrons. The van der Waals surface area contributed by atoms with E-state index in [1.54, 1.807) is 18.2 Å². The third-order valence-corrected chi connectivity index (χ3v) is 2.43. The summed E-state index contributed by atoms with van der Waals surface area (Å²) in [5.41, 5.74) is 0.917. The van der Waals surface area contributed by atoms with Crippen molar-refractivity contribution in [2.45, 2.75) is 6.92 Å². The molecule has 0 atom stereocenters. The summed E-state index contributed by atoms with van der Waals surface area (Å²) < 4.78 is 5.39. The summed E-state index contributed by atoms with van der Waals surface area (Å²) in [4.78, 5) is 11.4. The number of hydrogen-bond acceptors (Lipinski definition) is 3. The van der Waals surface area contributed by atoms with E-state index < -0.39 is 0 Å². The fourth-order valence-electron chi connectivity index (χ4n) is 1.30. The van der Waals surface area contributed by atoms with Crippen molar-refractivity contribution < 1.29 is 9.53 Å². The molecule has 0 unspecified atom stereocenters. The van der Waals surface area contributed by atoms with Gasteiger partial charge < -0.3 is 15.4 Å². The molecule has 0 aromatic heterocycles. The van der Waals surface area contributed by atoms with Crippen molar-refractivity contribution in [2.75, 3.05) is 26.7 Å². The summed E-state index contributed by atoms with van der Waals surface area (Å²) in [6.45, 7) is 3.25. The van der Waals surface area contributed by atoms with Crippen LogP contribution < -0.4 is 15.4 Å². The van der Waals surface area contributed by atoms with Gasteiger partial charge in [-0.25, -0.2) is 0 Å². The van der Waals surface area contributed by atoms with Crippen LogP contribution in [0.25, 0.3) is 0 Å². The number of hydrogen-bond donors (Lipinski definition) is 2. The molecule has 4 nitrogen and oxygen atoms in total. The highest BCUT2D eigenvalue weighted by molar-refractivity contribution is 6.30. The van der Waals surface area contributed by atoms with E-state index in [0.717, 1.165) is 12.1 Å². The van der Waals surface area contributed by atoms with Gasteiger partial charge in [0.2, 0.25) is 0 Å². The molecule has 94 valence electrons. The minimum atomic E-state index is -0.130. The predicted octanol–water partition coefficient (Wildman–Crippen LogP) is 1.36. The van der Waals surface area contributed by atoms with Crippen molar-refractivity contribution in [3.63, 3.8) is 0 Å². The minimum Gasteiger partial charge on any atom is -0.484 e. The molecule has 0 aliphatic heterocycles. The number of amides is 1. The molecule has 0 fully saturated rings. The Balaban J connectivity index is 2.37. The first-order chi connectivity index (χ1) is 8.13. The SMILES string of the molecule is CNCCNC(=O)COc1ccc(Cl)cc1C. The molecule has 0 saturated heterocycles. The van der Waals surface area contributed by atoms with Gasteiger partial charge in [-0.05, 0) is 37.7 Å². The van der Waals surface area contributed by atoms with E-state index in [1.807, 2.05) is 14.0 Å². The van der Waals surface area contributed by atoms with Crippen molar-refractivity contribution in [1.82, 2.24) is 10.6 Å². The van der Waals surface area contributed by atoms with E-state index in [9.17, 15) is 4.79 Å². The number of benzene rings is 1. The molecule has 1 rings (SSSR count). The lowest BCUT2D eigenvalue weighted by atomic mass is 10.2. The summed E-state index contributed by atoms with van der Waals surface area (Å²) >= 11 is 5.82. The van der Waals surface area contributed by atoms with Crippen molar-refractivity contribution in [3.8, 4) is 5.75 Å². The third-order valence-electron chi connectivity index (χ3n) is 2.19. The van der Waals surface area contributed by atoms with Crippen molar-refractivity contribution in [2.24, 2.45) is 0 Å². The van der Waals surface area contributed by atoms with Crippen LogP contribution in [0.3, 0.4) is 0 Å². The Kier molecular flexibility index (Phi) is 5.80. The van der Waals surface area contributed by atoms with E-state index in [0.29, 0.717) is 17.3 Å². The molecule has 1 aromatic rings. The Morgan fingerprint density at radius 3 is 2.82 bits per heavy atom. The predicted molar refractivity (Wildman–Crippen MR) is 68.6 cm³/mol. The highest BCUT2D eigenvalue weighted by atomic mass is 35.5. The maximum absolute atomic E-state index is 11.4. The van der Waals surface area contributed by atoms with Gasteiger partial charge in [0.05, 0.1) is 0 Å². The van der Waals surface area contributed by atoms with Crippen LogP contribution in [0.5, 0.6) is 5.75 Å². The number of halogens is 1. The van der Waals surface area contributed by atoms with Gasteiger partial charge in [-0.2, -0.15) is 0 Å². The summed E-state index contributed by atoms with van der Waals surface area (Å²) in [7, 11) is 1.83. The molecular formula is C12H17ClN2O2. The lowest BCUT2D eigenvalue weighted by Crippen LogP contribution is -2.33. The van der Waals surface area contributed by atoms with Gasteiger partial charge in [-0.1, -0.05) is 11.6 Å². The van der Waals surface area contributed by atoms with Crippen LogP contribution in [0.15, 0.2) is 18.2 Å². The number of rotatable bonds is 6. The molecule has 1 aromatic carbocycles. The van der Waals surface area contributed by atoms with Gasteiger partial charge in [0.1, 0.15) is 5.75 Å². The second-order valence-electron chi connectivity index (χ2n) is 3.65. The fraction of sp³-hybridized carbons (Fsp3) is 0.417. The van der Waals surface area contributed by atoms with Gasteiger partial charge >= 0.3 is 0 Å². The molecule has 0 heterocycles. The largest absolute Gasteiger partial charge is 0.484 e. The molecule has 0 spiro atoms. The van der Waals surface area contributed by atoms with Gasteiger partial charge in [0, 0.05) is 18.1 Å². The van der Waals surface area contributed by atoms with Crippen LogP contribution in [-0.4, -0.2) is 32.7 Å². The smallest absolute Gasteiger partial charge is 0.257 e. The summed E-state index contributed by atoms with van der Waals surface area (Å²) in [5.74, 6) is 0.549. The zero-order chi connectivity index (χ0) is 12.7. The van der Waals surface area contributed by atoms with Crippen LogP contribution in [0.1, 0.15) is 5.56 Å². The number of carbonyl (C=O) groups excluding carboxylic acids is 1. The Labute approximate surface area is 106 Å². The first-order valence-corrected chi connectivity index (χ1v) is 5.81. The van der Waals surface area contributed by atoms with Gasteiger partial charge in [0.25, 0.3) is 5.91 Å². The lowest BCUT2D eigenvalue weighted by molar-refractivity contribution is -0.123. The summed E-state index contributed by atoms with van der Waals surface area (Å²) in [6, 6.07) is 5.30. The maximum atomic E-state index is 11.4. The Bertz CT molecular complexity index is 383. The highest BCUT2D eigenvalue weighted by Gasteiger charge is 2.04. The zero-order valence-corrected chi connectivity index (χ0v) is 10.8.